The van der Waals surface area contributed by atoms with Crippen LogP contribution in [0.1, 0.15) is 17.9 Å². The summed E-state index contributed by atoms with van der Waals surface area (Å²) in [7, 11) is 0. The molecular formula is C10H9ClFNO. The van der Waals surface area contributed by atoms with Gasteiger partial charge in [-0.05, 0) is 17.7 Å². The van der Waals surface area contributed by atoms with Crippen molar-refractivity contribution in [1.82, 2.24) is 0 Å². The molecule has 1 aliphatic rings. The summed E-state index contributed by atoms with van der Waals surface area (Å²) in [4.78, 5) is 10.8. The molecule has 2 unspecified atom stereocenters. The van der Waals surface area contributed by atoms with Gasteiger partial charge in [0, 0.05) is 17.4 Å². The fourth-order valence-corrected chi connectivity index (χ4v) is 1.81. The summed E-state index contributed by atoms with van der Waals surface area (Å²) < 4.78 is 13.6. The Hall–Kier alpha value is -1.09. The molecular weight excluding hydrogens is 205 g/mol. The van der Waals surface area contributed by atoms with E-state index in [9.17, 15) is 9.18 Å². The Labute approximate surface area is 85.9 Å². The maximum atomic E-state index is 13.6. The molecule has 0 radical (unpaired) electrons. The van der Waals surface area contributed by atoms with Crippen molar-refractivity contribution in [3.63, 3.8) is 0 Å². The second-order valence-electron chi connectivity index (χ2n) is 3.54. The first-order valence-electron chi connectivity index (χ1n) is 4.28. The Kier molecular flexibility index (Phi) is 2.00. The molecule has 1 aliphatic carbocycles. The van der Waals surface area contributed by atoms with Crippen molar-refractivity contribution in [2.24, 2.45) is 5.73 Å². The molecule has 1 amide bonds. The number of amides is 1. The zero-order chi connectivity index (χ0) is 10.3. The van der Waals surface area contributed by atoms with Gasteiger partial charge >= 0.3 is 0 Å². The minimum Gasteiger partial charge on any atom is -0.367 e. The molecule has 1 saturated carbocycles. The van der Waals surface area contributed by atoms with E-state index in [-0.39, 0.29) is 6.42 Å². The van der Waals surface area contributed by atoms with E-state index in [2.05, 4.69) is 0 Å². The molecule has 1 aromatic carbocycles. The highest BCUT2D eigenvalue weighted by Crippen LogP contribution is 2.54. The molecule has 0 saturated heterocycles. The van der Waals surface area contributed by atoms with E-state index < -0.39 is 17.5 Å². The normalized spacial score (nSPS) is 30.0. The lowest BCUT2D eigenvalue weighted by molar-refractivity contribution is -0.124. The molecule has 74 valence electrons. The summed E-state index contributed by atoms with van der Waals surface area (Å²) in [6, 6.07) is 6.85. The number of rotatable bonds is 2. The van der Waals surface area contributed by atoms with E-state index in [1.54, 1.807) is 24.3 Å². The van der Waals surface area contributed by atoms with E-state index in [1.807, 2.05) is 0 Å². The first kappa shape index (κ1) is 9.46. The molecule has 2 N–H and O–H groups in total. The van der Waals surface area contributed by atoms with Crippen LogP contribution in [0, 0.1) is 0 Å². The van der Waals surface area contributed by atoms with Crippen LogP contribution in [0.15, 0.2) is 24.3 Å². The first-order valence-corrected chi connectivity index (χ1v) is 4.66. The molecule has 4 heteroatoms. The van der Waals surface area contributed by atoms with Gasteiger partial charge in [0.15, 0.2) is 5.67 Å². The van der Waals surface area contributed by atoms with Gasteiger partial charge in [0.05, 0.1) is 0 Å². The van der Waals surface area contributed by atoms with Crippen LogP contribution in [0.3, 0.4) is 0 Å². The Balaban J connectivity index is 2.25. The van der Waals surface area contributed by atoms with Gasteiger partial charge in [-0.25, -0.2) is 4.39 Å². The summed E-state index contributed by atoms with van der Waals surface area (Å²) in [5, 5.41) is 0.543. The van der Waals surface area contributed by atoms with Crippen LogP contribution < -0.4 is 5.73 Å². The van der Waals surface area contributed by atoms with Crippen molar-refractivity contribution in [3.8, 4) is 0 Å². The number of carbonyl (C=O) groups excluding carboxylic acids is 1. The monoisotopic (exact) mass is 213 g/mol. The summed E-state index contributed by atoms with van der Waals surface area (Å²) >= 11 is 5.75. The number of alkyl halides is 1. The minimum atomic E-state index is -1.86. The molecule has 0 spiro atoms. The molecule has 0 heterocycles. The molecule has 1 aromatic rings. The van der Waals surface area contributed by atoms with Gasteiger partial charge in [-0.15, -0.1) is 0 Å². The Morgan fingerprint density at radius 3 is 2.86 bits per heavy atom. The lowest BCUT2D eigenvalue weighted by atomic mass is 10.1. The summed E-state index contributed by atoms with van der Waals surface area (Å²) in [6.07, 6.45) is 0.169. The van der Waals surface area contributed by atoms with Crippen molar-refractivity contribution in [2.75, 3.05) is 0 Å². The average Bonchev–Trinajstić information content (AvgIpc) is 2.80. The fourth-order valence-electron chi connectivity index (χ4n) is 1.62. The SMILES string of the molecule is NC(=O)C1(F)CC1c1cccc(Cl)c1. The highest BCUT2D eigenvalue weighted by atomic mass is 35.5. The Morgan fingerprint density at radius 1 is 1.64 bits per heavy atom. The first-order chi connectivity index (χ1) is 6.54. The van der Waals surface area contributed by atoms with Crippen molar-refractivity contribution in [1.29, 1.82) is 0 Å². The minimum absolute atomic E-state index is 0.169. The molecule has 0 aromatic heterocycles. The van der Waals surface area contributed by atoms with Gasteiger partial charge in [0.25, 0.3) is 5.91 Å². The van der Waals surface area contributed by atoms with Crippen LogP contribution in [0.4, 0.5) is 4.39 Å². The highest BCUT2D eigenvalue weighted by molar-refractivity contribution is 6.30. The second kappa shape index (κ2) is 2.95. The van der Waals surface area contributed by atoms with Crippen molar-refractivity contribution in [3.05, 3.63) is 34.9 Å². The van der Waals surface area contributed by atoms with Crippen LogP contribution in [0.2, 0.25) is 5.02 Å². The third kappa shape index (κ3) is 1.38. The van der Waals surface area contributed by atoms with Crippen LogP contribution in [0.25, 0.3) is 0 Å². The number of carbonyl (C=O) groups is 1. The number of hydrogen-bond donors (Lipinski definition) is 1. The third-order valence-electron chi connectivity index (χ3n) is 2.55. The molecule has 0 aliphatic heterocycles. The van der Waals surface area contributed by atoms with E-state index in [0.717, 1.165) is 5.56 Å². The van der Waals surface area contributed by atoms with Gasteiger partial charge in [0.1, 0.15) is 0 Å². The standard InChI is InChI=1S/C10H9ClFNO/c11-7-3-1-2-6(4-7)8-5-10(8,12)9(13)14/h1-4,8H,5H2,(H2,13,14). The lowest BCUT2D eigenvalue weighted by Crippen LogP contribution is -2.27. The topological polar surface area (TPSA) is 43.1 Å². The molecule has 2 atom stereocenters. The number of nitrogens with two attached hydrogens (primary N) is 1. The van der Waals surface area contributed by atoms with E-state index >= 15 is 0 Å². The molecule has 14 heavy (non-hydrogen) atoms. The zero-order valence-corrected chi connectivity index (χ0v) is 8.09. The number of benzene rings is 1. The van der Waals surface area contributed by atoms with Gasteiger partial charge in [-0.3, -0.25) is 4.79 Å². The Bertz CT molecular complexity index is 395. The van der Waals surface area contributed by atoms with E-state index in [4.69, 9.17) is 17.3 Å². The quantitative estimate of drug-likeness (QED) is 0.803. The van der Waals surface area contributed by atoms with Gasteiger partial charge < -0.3 is 5.73 Å². The Morgan fingerprint density at radius 2 is 2.36 bits per heavy atom. The van der Waals surface area contributed by atoms with Crippen LogP contribution in [-0.4, -0.2) is 11.6 Å². The smallest absolute Gasteiger partial charge is 0.255 e. The predicted octanol–water partition coefficient (Wildman–Crippen LogP) is 2.02. The fraction of sp³-hybridized carbons (Fsp3) is 0.300. The van der Waals surface area contributed by atoms with Crippen molar-refractivity contribution >= 4 is 17.5 Å². The highest BCUT2D eigenvalue weighted by Gasteiger charge is 2.61. The summed E-state index contributed by atoms with van der Waals surface area (Å²) in [5.74, 6) is -1.30. The van der Waals surface area contributed by atoms with E-state index in [1.165, 1.54) is 0 Å². The maximum Gasteiger partial charge on any atom is 0.255 e. The van der Waals surface area contributed by atoms with Gasteiger partial charge in [-0.2, -0.15) is 0 Å². The number of primary amides is 1. The molecule has 2 rings (SSSR count). The van der Waals surface area contributed by atoms with Gasteiger partial charge in [0.2, 0.25) is 0 Å². The molecule has 2 nitrogen and oxygen atoms in total. The van der Waals surface area contributed by atoms with Gasteiger partial charge in [-0.1, -0.05) is 23.7 Å². The number of hydrogen-bond acceptors (Lipinski definition) is 1. The number of halogens is 2. The summed E-state index contributed by atoms with van der Waals surface area (Å²) in [5.41, 5.74) is 3.83. The van der Waals surface area contributed by atoms with Crippen molar-refractivity contribution in [2.45, 2.75) is 18.0 Å². The van der Waals surface area contributed by atoms with Crippen molar-refractivity contribution < 1.29 is 9.18 Å². The maximum absolute atomic E-state index is 13.6. The lowest BCUT2D eigenvalue weighted by Gasteiger charge is -2.03. The second-order valence-corrected chi connectivity index (χ2v) is 3.97. The largest absolute Gasteiger partial charge is 0.367 e. The van der Waals surface area contributed by atoms with E-state index in [0.29, 0.717) is 5.02 Å². The third-order valence-corrected chi connectivity index (χ3v) is 2.79. The van der Waals surface area contributed by atoms with Crippen LogP contribution in [-0.2, 0) is 4.79 Å². The van der Waals surface area contributed by atoms with Crippen LogP contribution >= 0.6 is 11.6 Å². The van der Waals surface area contributed by atoms with Crippen LogP contribution in [0.5, 0.6) is 0 Å². The summed E-state index contributed by atoms with van der Waals surface area (Å²) in [6.45, 7) is 0. The molecule has 1 fully saturated rings. The molecule has 0 bridgehead atoms. The predicted molar refractivity (Wildman–Crippen MR) is 51.8 cm³/mol. The average molecular weight is 214 g/mol. The zero-order valence-electron chi connectivity index (χ0n) is 7.34.